The highest BCUT2D eigenvalue weighted by Crippen LogP contribution is 2.38. The second-order valence-electron chi connectivity index (χ2n) is 3.74. The van der Waals surface area contributed by atoms with Crippen molar-refractivity contribution in [3.05, 3.63) is 0 Å². The van der Waals surface area contributed by atoms with Gasteiger partial charge in [0.25, 0.3) is 0 Å². The molecule has 0 aromatic heterocycles. The lowest BCUT2D eigenvalue weighted by atomic mass is 9.97. The number of carbonyl (C=O) groups is 1. The van der Waals surface area contributed by atoms with Crippen molar-refractivity contribution < 1.29 is 9.53 Å². The Labute approximate surface area is 72.5 Å². The normalized spacial score (nSPS) is 35.1. The topological polar surface area (TPSA) is 38.3 Å². The number of nitrogens with one attached hydrogen (secondary N) is 1. The van der Waals surface area contributed by atoms with E-state index in [-0.39, 0.29) is 11.9 Å². The fraction of sp³-hybridized carbons (Fsp3) is 0.889. The summed E-state index contributed by atoms with van der Waals surface area (Å²) in [5.74, 6) is 0.844. The minimum absolute atomic E-state index is 0.0306. The van der Waals surface area contributed by atoms with Crippen LogP contribution >= 0.6 is 0 Å². The fourth-order valence-corrected chi connectivity index (χ4v) is 2.09. The van der Waals surface area contributed by atoms with E-state index >= 15 is 0 Å². The van der Waals surface area contributed by atoms with E-state index in [1.807, 2.05) is 0 Å². The predicted octanol–water partition coefficient (Wildman–Crippen LogP) is 0.547. The second-order valence-corrected chi connectivity index (χ2v) is 3.74. The number of hydrogen-bond donors (Lipinski definition) is 1. The van der Waals surface area contributed by atoms with Crippen molar-refractivity contribution in [1.82, 2.24) is 5.32 Å². The molecule has 12 heavy (non-hydrogen) atoms. The maximum atomic E-state index is 11.3. The van der Waals surface area contributed by atoms with E-state index < -0.39 is 0 Å². The summed E-state index contributed by atoms with van der Waals surface area (Å²) in [4.78, 5) is 11.3. The highest BCUT2D eigenvalue weighted by atomic mass is 16.5. The van der Waals surface area contributed by atoms with Gasteiger partial charge in [0.15, 0.2) is 0 Å². The van der Waals surface area contributed by atoms with Crippen molar-refractivity contribution in [3.63, 3.8) is 0 Å². The molecule has 2 unspecified atom stereocenters. The van der Waals surface area contributed by atoms with Gasteiger partial charge in [-0.3, -0.25) is 4.79 Å². The third kappa shape index (κ3) is 1.33. The first kappa shape index (κ1) is 8.05. The van der Waals surface area contributed by atoms with E-state index in [2.05, 4.69) is 5.32 Å². The van der Waals surface area contributed by atoms with Crippen molar-refractivity contribution in [3.8, 4) is 0 Å². The molecule has 1 N–H and O–H groups in total. The number of hydrogen-bond acceptors (Lipinski definition) is 3. The number of methoxy groups -OCH3 is 1. The lowest BCUT2D eigenvalue weighted by molar-refractivity contribution is -0.145. The molecule has 0 aromatic rings. The summed E-state index contributed by atoms with van der Waals surface area (Å²) in [7, 11) is 1.48. The van der Waals surface area contributed by atoms with Gasteiger partial charge in [-0.05, 0) is 31.7 Å². The van der Waals surface area contributed by atoms with E-state index in [9.17, 15) is 4.79 Å². The molecule has 0 aromatic carbocycles. The first-order chi connectivity index (χ1) is 5.83. The molecule has 1 saturated carbocycles. The lowest BCUT2D eigenvalue weighted by Crippen LogP contribution is -2.33. The first-order valence-electron chi connectivity index (χ1n) is 4.64. The van der Waals surface area contributed by atoms with Crippen molar-refractivity contribution in [2.75, 3.05) is 13.7 Å². The van der Waals surface area contributed by atoms with Crippen molar-refractivity contribution in [2.45, 2.75) is 25.3 Å². The van der Waals surface area contributed by atoms with Gasteiger partial charge >= 0.3 is 5.97 Å². The fourth-order valence-electron chi connectivity index (χ4n) is 2.09. The number of carbonyl (C=O) groups excluding carboxylic acids is 1. The molecule has 2 fully saturated rings. The van der Waals surface area contributed by atoms with Gasteiger partial charge in [0.1, 0.15) is 0 Å². The molecule has 0 amide bonds. The van der Waals surface area contributed by atoms with Crippen LogP contribution in [0.3, 0.4) is 0 Å². The number of rotatable bonds is 2. The van der Waals surface area contributed by atoms with E-state index in [4.69, 9.17) is 4.74 Å². The quantitative estimate of drug-likeness (QED) is 0.613. The molecule has 2 atom stereocenters. The third-order valence-electron chi connectivity index (χ3n) is 2.90. The molecule has 1 aliphatic carbocycles. The van der Waals surface area contributed by atoms with E-state index in [0.29, 0.717) is 6.04 Å². The zero-order chi connectivity index (χ0) is 8.55. The molecule has 1 aliphatic heterocycles. The van der Waals surface area contributed by atoms with E-state index in [1.165, 1.54) is 20.0 Å². The first-order valence-corrected chi connectivity index (χ1v) is 4.64. The number of ether oxygens (including phenoxy) is 1. The summed E-state index contributed by atoms with van der Waals surface area (Å²) in [6.45, 7) is 0.973. The Morgan fingerprint density at radius 1 is 1.42 bits per heavy atom. The van der Waals surface area contributed by atoms with Crippen molar-refractivity contribution in [1.29, 1.82) is 0 Å². The van der Waals surface area contributed by atoms with E-state index in [1.54, 1.807) is 0 Å². The molecule has 1 heterocycles. The van der Waals surface area contributed by atoms with Gasteiger partial charge in [-0.25, -0.2) is 0 Å². The van der Waals surface area contributed by atoms with Gasteiger partial charge in [0.05, 0.1) is 13.0 Å². The minimum Gasteiger partial charge on any atom is -0.469 e. The predicted molar refractivity (Wildman–Crippen MR) is 44.6 cm³/mol. The summed E-state index contributed by atoms with van der Waals surface area (Å²) in [5, 5.41) is 3.38. The zero-order valence-corrected chi connectivity index (χ0v) is 7.38. The Kier molecular flexibility index (Phi) is 2.05. The Morgan fingerprint density at radius 3 is 2.75 bits per heavy atom. The van der Waals surface area contributed by atoms with Gasteiger partial charge in [0.2, 0.25) is 0 Å². The smallest absolute Gasteiger partial charge is 0.310 e. The average Bonchev–Trinajstić information content (AvgIpc) is 2.83. The summed E-state index contributed by atoms with van der Waals surface area (Å²) >= 11 is 0. The third-order valence-corrected chi connectivity index (χ3v) is 2.90. The molecule has 0 bridgehead atoms. The summed E-state index contributed by atoms with van der Waals surface area (Å²) < 4.78 is 4.76. The van der Waals surface area contributed by atoms with Gasteiger partial charge in [-0.2, -0.15) is 0 Å². The molecule has 3 nitrogen and oxygen atoms in total. The van der Waals surface area contributed by atoms with Gasteiger partial charge in [0, 0.05) is 6.04 Å². The lowest BCUT2D eigenvalue weighted by Gasteiger charge is -2.16. The summed E-state index contributed by atoms with van der Waals surface area (Å²) in [5.41, 5.74) is 0. The van der Waals surface area contributed by atoms with Crippen LogP contribution in [0.5, 0.6) is 0 Å². The molecule has 68 valence electrons. The van der Waals surface area contributed by atoms with E-state index in [0.717, 1.165) is 18.9 Å². The average molecular weight is 169 g/mol. The van der Waals surface area contributed by atoms with Gasteiger partial charge in [-0.15, -0.1) is 0 Å². The Morgan fingerprint density at radius 2 is 2.17 bits per heavy atom. The minimum atomic E-state index is -0.0306. The largest absolute Gasteiger partial charge is 0.469 e. The van der Waals surface area contributed by atoms with Crippen molar-refractivity contribution in [2.24, 2.45) is 11.8 Å². The maximum Gasteiger partial charge on any atom is 0.310 e. The molecule has 1 saturated heterocycles. The molecule has 2 aliphatic rings. The monoisotopic (exact) mass is 169 g/mol. The van der Waals surface area contributed by atoms with Crippen LogP contribution in [0.15, 0.2) is 0 Å². The van der Waals surface area contributed by atoms with Crippen LogP contribution in [0.25, 0.3) is 0 Å². The summed E-state index contributed by atoms with van der Waals surface area (Å²) in [6, 6.07) is 0.414. The van der Waals surface area contributed by atoms with Gasteiger partial charge < -0.3 is 10.1 Å². The van der Waals surface area contributed by atoms with Crippen LogP contribution in [0, 0.1) is 11.8 Å². The molecule has 0 spiro atoms. The molecular formula is C9H15NO2. The molecule has 3 heteroatoms. The van der Waals surface area contributed by atoms with Crippen LogP contribution in [-0.2, 0) is 9.53 Å². The van der Waals surface area contributed by atoms with Crippen LogP contribution in [0.4, 0.5) is 0 Å². The Hall–Kier alpha value is -0.570. The SMILES string of the molecule is COC(=O)C1CCNC1C1CC1. The van der Waals surface area contributed by atoms with Crippen LogP contribution < -0.4 is 5.32 Å². The maximum absolute atomic E-state index is 11.3. The standard InChI is InChI=1S/C9H15NO2/c1-12-9(11)7-4-5-10-8(7)6-2-3-6/h6-8,10H,2-5H2,1H3. The zero-order valence-electron chi connectivity index (χ0n) is 7.38. The Bertz CT molecular complexity index is 189. The highest BCUT2D eigenvalue weighted by molar-refractivity contribution is 5.73. The van der Waals surface area contributed by atoms with Crippen molar-refractivity contribution >= 4 is 5.97 Å². The molecular weight excluding hydrogens is 154 g/mol. The molecule has 2 rings (SSSR count). The second kappa shape index (κ2) is 3.05. The molecule has 0 radical (unpaired) electrons. The highest BCUT2D eigenvalue weighted by Gasteiger charge is 2.42. The van der Waals surface area contributed by atoms with Crippen LogP contribution in [0.2, 0.25) is 0 Å². The van der Waals surface area contributed by atoms with Crippen LogP contribution in [-0.4, -0.2) is 25.7 Å². The van der Waals surface area contributed by atoms with Crippen LogP contribution in [0.1, 0.15) is 19.3 Å². The summed E-state index contributed by atoms with van der Waals surface area (Å²) in [6.07, 6.45) is 3.52. The Balaban J connectivity index is 1.98. The number of esters is 1. The van der Waals surface area contributed by atoms with Gasteiger partial charge in [-0.1, -0.05) is 0 Å².